The number of hydrogen-bond acceptors (Lipinski definition) is 3. The molecule has 6 heteroatoms. The molecule has 0 bridgehead atoms. The van der Waals surface area contributed by atoms with Gasteiger partial charge in [0, 0.05) is 18.7 Å². The van der Waals surface area contributed by atoms with Crippen LogP contribution in [0.4, 0.5) is 13.2 Å². The molecule has 1 fully saturated rings. The van der Waals surface area contributed by atoms with Crippen LogP contribution in [0.1, 0.15) is 42.6 Å². The van der Waals surface area contributed by atoms with Gasteiger partial charge in [-0.1, -0.05) is 18.2 Å². The Hall–Kier alpha value is -1.92. The fourth-order valence-electron chi connectivity index (χ4n) is 3.37. The number of nitrogens with one attached hydrogen (secondary N) is 1. The fourth-order valence-corrected chi connectivity index (χ4v) is 3.37. The van der Waals surface area contributed by atoms with Crippen molar-refractivity contribution in [1.29, 1.82) is 0 Å². The van der Waals surface area contributed by atoms with E-state index >= 15 is 0 Å². The van der Waals surface area contributed by atoms with E-state index in [9.17, 15) is 18.3 Å². The predicted octanol–water partition coefficient (Wildman–Crippen LogP) is 3.80. The summed E-state index contributed by atoms with van der Waals surface area (Å²) in [6.07, 6.45) is -1.89. The van der Waals surface area contributed by atoms with Crippen LogP contribution in [0.2, 0.25) is 0 Å². The van der Waals surface area contributed by atoms with Gasteiger partial charge in [0.05, 0.1) is 22.9 Å². The lowest BCUT2D eigenvalue weighted by Gasteiger charge is -2.41. The van der Waals surface area contributed by atoms with Gasteiger partial charge in [-0.3, -0.25) is 4.98 Å². The number of halogens is 3. The first-order chi connectivity index (χ1) is 11.3. The molecule has 2 N–H and O–H groups in total. The third kappa shape index (κ3) is 3.44. The Kier molecular flexibility index (Phi) is 4.36. The average Bonchev–Trinajstić information content (AvgIpc) is 2.54. The van der Waals surface area contributed by atoms with E-state index in [1.165, 1.54) is 12.1 Å². The highest BCUT2D eigenvalue weighted by Crippen LogP contribution is 2.40. The van der Waals surface area contributed by atoms with E-state index in [0.717, 1.165) is 17.8 Å². The van der Waals surface area contributed by atoms with Crippen molar-refractivity contribution in [2.75, 3.05) is 0 Å². The molecule has 1 saturated heterocycles. The van der Waals surface area contributed by atoms with Crippen LogP contribution in [-0.2, 0) is 11.8 Å². The van der Waals surface area contributed by atoms with Crippen LogP contribution >= 0.6 is 0 Å². The number of rotatable bonds is 2. The number of benzene rings is 1. The molecule has 0 radical (unpaired) electrons. The SMILES string of the molecule is CC1CC(O)(c2ccc(C(F)(F)F)cc2)CC(c2ccccn2)N1. The third-order valence-electron chi connectivity index (χ3n) is 4.47. The van der Waals surface area contributed by atoms with Crippen molar-refractivity contribution >= 4 is 0 Å². The van der Waals surface area contributed by atoms with Gasteiger partial charge in [-0.05, 0) is 43.2 Å². The Morgan fingerprint density at radius 3 is 2.42 bits per heavy atom. The van der Waals surface area contributed by atoms with Gasteiger partial charge in [0.15, 0.2) is 0 Å². The fraction of sp³-hybridized carbons (Fsp3) is 0.389. The van der Waals surface area contributed by atoms with E-state index in [1.807, 2.05) is 25.1 Å². The van der Waals surface area contributed by atoms with Crippen molar-refractivity contribution in [3.8, 4) is 0 Å². The van der Waals surface area contributed by atoms with Gasteiger partial charge in [-0.2, -0.15) is 13.2 Å². The van der Waals surface area contributed by atoms with E-state index in [2.05, 4.69) is 10.3 Å². The Bertz CT molecular complexity index is 688. The van der Waals surface area contributed by atoms with Crippen molar-refractivity contribution < 1.29 is 18.3 Å². The Labute approximate surface area is 138 Å². The molecule has 1 aromatic heterocycles. The molecule has 3 unspecified atom stereocenters. The minimum Gasteiger partial charge on any atom is -0.385 e. The number of aromatic nitrogens is 1. The topological polar surface area (TPSA) is 45.2 Å². The monoisotopic (exact) mass is 336 g/mol. The molecular formula is C18H19F3N2O. The Balaban J connectivity index is 1.88. The summed E-state index contributed by atoms with van der Waals surface area (Å²) in [5.74, 6) is 0. The lowest BCUT2D eigenvalue weighted by Crippen LogP contribution is -2.47. The average molecular weight is 336 g/mol. The highest BCUT2D eigenvalue weighted by Gasteiger charge is 2.40. The van der Waals surface area contributed by atoms with E-state index in [-0.39, 0.29) is 12.1 Å². The molecular weight excluding hydrogens is 317 g/mol. The van der Waals surface area contributed by atoms with Crippen LogP contribution in [0.5, 0.6) is 0 Å². The summed E-state index contributed by atoms with van der Waals surface area (Å²) in [5.41, 5.74) is -0.575. The van der Waals surface area contributed by atoms with Crippen molar-refractivity contribution in [1.82, 2.24) is 10.3 Å². The molecule has 24 heavy (non-hydrogen) atoms. The summed E-state index contributed by atoms with van der Waals surface area (Å²) in [6.45, 7) is 1.95. The maximum absolute atomic E-state index is 12.7. The van der Waals surface area contributed by atoms with Crippen LogP contribution in [-0.4, -0.2) is 16.1 Å². The van der Waals surface area contributed by atoms with Gasteiger partial charge in [0.1, 0.15) is 0 Å². The zero-order chi connectivity index (χ0) is 17.4. The molecule has 2 aromatic rings. The van der Waals surface area contributed by atoms with Crippen LogP contribution < -0.4 is 5.32 Å². The van der Waals surface area contributed by atoms with E-state index < -0.39 is 17.3 Å². The molecule has 1 aliphatic heterocycles. The lowest BCUT2D eigenvalue weighted by atomic mass is 9.78. The summed E-state index contributed by atoms with van der Waals surface area (Å²) in [4.78, 5) is 4.32. The third-order valence-corrected chi connectivity index (χ3v) is 4.47. The molecule has 3 atom stereocenters. The highest BCUT2D eigenvalue weighted by molar-refractivity contribution is 5.30. The van der Waals surface area contributed by atoms with Crippen LogP contribution in [0.3, 0.4) is 0 Å². The number of nitrogens with zero attached hydrogens (tertiary/aromatic N) is 1. The number of hydrogen-bond donors (Lipinski definition) is 2. The normalized spacial score (nSPS) is 27.9. The van der Waals surface area contributed by atoms with Crippen molar-refractivity contribution in [2.24, 2.45) is 0 Å². The first-order valence-corrected chi connectivity index (χ1v) is 7.85. The zero-order valence-electron chi connectivity index (χ0n) is 13.2. The quantitative estimate of drug-likeness (QED) is 0.877. The standard InChI is InChI=1S/C18H19F3N2O/c1-12-10-17(24,11-16(23-12)15-4-2-3-9-22-15)13-5-7-14(8-6-13)18(19,20)21/h2-9,12,16,23-24H,10-11H2,1H3. The summed E-state index contributed by atoms with van der Waals surface area (Å²) in [7, 11) is 0. The maximum atomic E-state index is 12.7. The summed E-state index contributed by atoms with van der Waals surface area (Å²) >= 11 is 0. The molecule has 3 nitrogen and oxygen atoms in total. The molecule has 0 amide bonds. The zero-order valence-corrected chi connectivity index (χ0v) is 13.2. The second kappa shape index (κ2) is 6.18. The van der Waals surface area contributed by atoms with Crippen molar-refractivity contribution in [3.63, 3.8) is 0 Å². The number of pyridine rings is 1. The van der Waals surface area contributed by atoms with Gasteiger partial charge < -0.3 is 10.4 Å². The number of alkyl halides is 3. The van der Waals surface area contributed by atoms with Crippen LogP contribution in [0.25, 0.3) is 0 Å². The predicted molar refractivity (Wildman–Crippen MR) is 84.2 cm³/mol. The van der Waals surface area contributed by atoms with Crippen molar-refractivity contribution in [3.05, 3.63) is 65.5 Å². The first-order valence-electron chi connectivity index (χ1n) is 7.85. The second-order valence-corrected chi connectivity index (χ2v) is 6.39. The molecule has 128 valence electrons. The summed E-state index contributed by atoms with van der Waals surface area (Å²) in [5, 5.41) is 14.5. The van der Waals surface area contributed by atoms with Gasteiger partial charge in [0.25, 0.3) is 0 Å². The van der Waals surface area contributed by atoms with Crippen LogP contribution in [0, 0.1) is 0 Å². The smallest absolute Gasteiger partial charge is 0.385 e. The van der Waals surface area contributed by atoms with Gasteiger partial charge >= 0.3 is 6.18 Å². The molecule has 1 aromatic carbocycles. The molecule has 3 rings (SSSR count). The number of piperidine rings is 1. The molecule has 2 heterocycles. The Morgan fingerprint density at radius 2 is 1.83 bits per heavy atom. The van der Waals surface area contributed by atoms with E-state index in [4.69, 9.17) is 0 Å². The van der Waals surface area contributed by atoms with Gasteiger partial charge in [0.2, 0.25) is 0 Å². The summed E-state index contributed by atoms with van der Waals surface area (Å²) in [6, 6.07) is 10.2. The maximum Gasteiger partial charge on any atom is 0.416 e. The largest absolute Gasteiger partial charge is 0.416 e. The molecule has 0 spiro atoms. The molecule has 0 saturated carbocycles. The molecule has 0 aliphatic carbocycles. The van der Waals surface area contributed by atoms with Crippen LogP contribution in [0.15, 0.2) is 48.7 Å². The van der Waals surface area contributed by atoms with E-state index in [0.29, 0.717) is 18.4 Å². The minimum atomic E-state index is -4.38. The van der Waals surface area contributed by atoms with Crippen molar-refractivity contribution in [2.45, 2.75) is 43.6 Å². The second-order valence-electron chi connectivity index (χ2n) is 6.39. The Morgan fingerprint density at radius 1 is 1.12 bits per heavy atom. The van der Waals surface area contributed by atoms with E-state index in [1.54, 1.807) is 6.20 Å². The first kappa shape index (κ1) is 16.9. The van der Waals surface area contributed by atoms with Gasteiger partial charge in [-0.15, -0.1) is 0 Å². The highest BCUT2D eigenvalue weighted by atomic mass is 19.4. The summed E-state index contributed by atoms with van der Waals surface area (Å²) < 4.78 is 38.2. The molecule has 1 aliphatic rings. The van der Waals surface area contributed by atoms with Gasteiger partial charge in [-0.25, -0.2) is 0 Å². The minimum absolute atomic E-state index is 0.0121. The lowest BCUT2D eigenvalue weighted by molar-refractivity contribution is -0.137. The number of aliphatic hydroxyl groups is 1.